The molecular weight excluding hydrogens is 190 g/mol. The lowest BCUT2D eigenvalue weighted by atomic mass is 9.99. The first-order chi connectivity index (χ1) is 7.36. The monoisotopic (exact) mass is 215 g/mol. The number of likely N-dealkylation sites (tertiary alicyclic amines) is 1. The summed E-state index contributed by atoms with van der Waals surface area (Å²) in [7, 11) is 0. The Morgan fingerprint density at radius 2 is 1.87 bits per heavy atom. The molecule has 0 spiro atoms. The summed E-state index contributed by atoms with van der Waals surface area (Å²) in [5.74, 6) is 0.510. The summed E-state index contributed by atoms with van der Waals surface area (Å²) in [5, 5.41) is 17.7. The van der Waals surface area contributed by atoms with E-state index in [1.807, 2.05) is 0 Å². The third-order valence-electron chi connectivity index (χ3n) is 3.24. The van der Waals surface area contributed by atoms with Gasteiger partial charge >= 0.3 is 0 Å². The first-order valence-electron chi connectivity index (χ1n) is 6.31. The predicted octanol–water partition coefficient (Wildman–Crippen LogP) is 1.24. The van der Waals surface area contributed by atoms with E-state index in [2.05, 4.69) is 4.90 Å². The molecule has 1 atom stereocenters. The average Bonchev–Trinajstić information content (AvgIpc) is 2.29. The molecular formula is C12H25NO2. The molecule has 0 aromatic heterocycles. The van der Waals surface area contributed by atoms with Crippen LogP contribution in [-0.2, 0) is 0 Å². The smallest absolute Gasteiger partial charge is 0.0471 e. The number of nitrogens with zero attached hydrogens (tertiary/aromatic N) is 1. The van der Waals surface area contributed by atoms with Crippen molar-refractivity contribution in [3.63, 3.8) is 0 Å². The Kier molecular flexibility index (Phi) is 6.98. The van der Waals surface area contributed by atoms with Crippen LogP contribution < -0.4 is 0 Å². The molecule has 1 fully saturated rings. The summed E-state index contributed by atoms with van der Waals surface area (Å²) in [6.07, 6.45) is 6.98. The highest BCUT2D eigenvalue weighted by Gasteiger charge is 2.18. The molecule has 0 saturated carbocycles. The highest BCUT2D eigenvalue weighted by molar-refractivity contribution is 4.72. The van der Waals surface area contributed by atoms with Crippen LogP contribution in [0.25, 0.3) is 0 Å². The van der Waals surface area contributed by atoms with Crippen molar-refractivity contribution in [1.82, 2.24) is 4.90 Å². The van der Waals surface area contributed by atoms with Gasteiger partial charge in [-0.15, -0.1) is 0 Å². The van der Waals surface area contributed by atoms with E-state index in [1.54, 1.807) is 0 Å². The molecule has 3 nitrogen and oxygen atoms in total. The van der Waals surface area contributed by atoms with E-state index < -0.39 is 0 Å². The van der Waals surface area contributed by atoms with Crippen molar-refractivity contribution in [3.8, 4) is 0 Å². The first-order valence-corrected chi connectivity index (χ1v) is 6.31. The van der Waals surface area contributed by atoms with Crippen molar-refractivity contribution in [2.75, 3.05) is 32.8 Å². The minimum atomic E-state index is 0.330. The molecule has 1 unspecified atom stereocenters. The molecule has 0 aliphatic carbocycles. The minimum Gasteiger partial charge on any atom is -0.396 e. The zero-order chi connectivity index (χ0) is 10.9. The highest BCUT2D eigenvalue weighted by Crippen LogP contribution is 2.16. The zero-order valence-corrected chi connectivity index (χ0v) is 9.70. The van der Waals surface area contributed by atoms with Crippen LogP contribution in [0.15, 0.2) is 0 Å². The maximum absolute atomic E-state index is 9.10. The van der Waals surface area contributed by atoms with Gasteiger partial charge in [0.25, 0.3) is 0 Å². The highest BCUT2D eigenvalue weighted by atomic mass is 16.3. The van der Waals surface area contributed by atoms with Crippen LogP contribution in [0, 0.1) is 5.92 Å². The lowest BCUT2D eigenvalue weighted by Gasteiger charge is -2.31. The SMILES string of the molecule is OCCCCCCN1CCCC(CO)C1. The van der Waals surface area contributed by atoms with E-state index in [-0.39, 0.29) is 0 Å². The summed E-state index contributed by atoms with van der Waals surface area (Å²) < 4.78 is 0. The molecule has 15 heavy (non-hydrogen) atoms. The van der Waals surface area contributed by atoms with Crippen LogP contribution in [0.3, 0.4) is 0 Å². The topological polar surface area (TPSA) is 43.7 Å². The molecule has 1 rings (SSSR count). The Labute approximate surface area is 93.1 Å². The van der Waals surface area contributed by atoms with E-state index in [9.17, 15) is 0 Å². The molecule has 0 bridgehead atoms. The number of hydrogen-bond acceptors (Lipinski definition) is 3. The van der Waals surface area contributed by atoms with E-state index in [0.717, 1.165) is 19.4 Å². The average molecular weight is 215 g/mol. The zero-order valence-electron chi connectivity index (χ0n) is 9.70. The van der Waals surface area contributed by atoms with Crippen LogP contribution in [0.5, 0.6) is 0 Å². The van der Waals surface area contributed by atoms with Crippen molar-refractivity contribution in [3.05, 3.63) is 0 Å². The number of hydrogen-bond donors (Lipinski definition) is 2. The number of unbranched alkanes of at least 4 members (excludes halogenated alkanes) is 3. The second-order valence-corrected chi connectivity index (χ2v) is 4.63. The van der Waals surface area contributed by atoms with Crippen LogP contribution in [0.1, 0.15) is 38.5 Å². The van der Waals surface area contributed by atoms with Gasteiger partial charge in [-0.1, -0.05) is 12.8 Å². The molecule has 1 aliphatic rings. The molecule has 0 amide bonds. The predicted molar refractivity (Wildman–Crippen MR) is 61.8 cm³/mol. The van der Waals surface area contributed by atoms with Gasteiger partial charge in [0.1, 0.15) is 0 Å². The molecule has 0 aromatic rings. The second kappa shape index (κ2) is 8.08. The van der Waals surface area contributed by atoms with Crippen molar-refractivity contribution in [2.24, 2.45) is 5.92 Å². The Morgan fingerprint density at radius 3 is 2.60 bits per heavy atom. The summed E-state index contributed by atoms with van der Waals surface area (Å²) in [6.45, 7) is 4.13. The lowest BCUT2D eigenvalue weighted by molar-refractivity contribution is 0.119. The summed E-state index contributed by atoms with van der Waals surface area (Å²) >= 11 is 0. The van der Waals surface area contributed by atoms with E-state index in [4.69, 9.17) is 10.2 Å². The van der Waals surface area contributed by atoms with Crippen molar-refractivity contribution in [2.45, 2.75) is 38.5 Å². The van der Waals surface area contributed by atoms with Gasteiger partial charge in [0, 0.05) is 19.8 Å². The molecule has 2 N–H and O–H groups in total. The molecule has 1 saturated heterocycles. The summed E-state index contributed by atoms with van der Waals surface area (Å²) in [6, 6.07) is 0. The fraction of sp³-hybridized carbons (Fsp3) is 1.00. The van der Waals surface area contributed by atoms with Crippen molar-refractivity contribution in [1.29, 1.82) is 0 Å². The third-order valence-corrected chi connectivity index (χ3v) is 3.24. The van der Waals surface area contributed by atoms with Gasteiger partial charge in [-0.2, -0.15) is 0 Å². The van der Waals surface area contributed by atoms with Gasteiger partial charge in [-0.05, 0) is 44.7 Å². The molecule has 0 radical (unpaired) electrons. The molecule has 90 valence electrons. The van der Waals surface area contributed by atoms with Gasteiger partial charge < -0.3 is 15.1 Å². The van der Waals surface area contributed by atoms with Crippen LogP contribution in [0.2, 0.25) is 0 Å². The van der Waals surface area contributed by atoms with Gasteiger partial charge in [0.05, 0.1) is 0 Å². The van der Waals surface area contributed by atoms with E-state index in [1.165, 1.54) is 38.8 Å². The molecule has 0 aromatic carbocycles. The van der Waals surface area contributed by atoms with Crippen molar-refractivity contribution >= 4 is 0 Å². The Hall–Kier alpha value is -0.120. The Balaban J connectivity index is 2.00. The van der Waals surface area contributed by atoms with Gasteiger partial charge in [-0.3, -0.25) is 0 Å². The maximum atomic E-state index is 9.10. The second-order valence-electron chi connectivity index (χ2n) is 4.63. The standard InChI is InChI=1S/C12H25NO2/c14-9-4-2-1-3-7-13-8-5-6-12(10-13)11-15/h12,14-15H,1-11H2. The summed E-state index contributed by atoms with van der Waals surface area (Å²) in [5.41, 5.74) is 0. The van der Waals surface area contributed by atoms with Gasteiger partial charge in [0.2, 0.25) is 0 Å². The fourth-order valence-corrected chi connectivity index (χ4v) is 2.30. The summed E-state index contributed by atoms with van der Waals surface area (Å²) in [4.78, 5) is 2.48. The number of piperidine rings is 1. The number of aliphatic hydroxyl groups is 2. The number of aliphatic hydroxyl groups excluding tert-OH is 2. The minimum absolute atomic E-state index is 0.330. The van der Waals surface area contributed by atoms with Gasteiger partial charge in [0.15, 0.2) is 0 Å². The van der Waals surface area contributed by atoms with E-state index in [0.29, 0.717) is 19.1 Å². The fourth-order valence-electron chi connectivity index (χ4n) is 2.30. The molecule has 3 heteroatoms. The molecule has 1 aliphatic heterocycles. The maximum Gasteiger partial charge on any atom is 0.0471 e. The van der Waals surface area contributed by atoms with Crippen LogP contribution in [-0.4, -0.2) is 48.0 Å². The van der Waals surface area contributed by atoms with Crippen LogP contribution in [0.4, 0.5) is 0 Å². The Bertz CT molecular complexity index is 153. The number of rotatable bonds is 7. The lowest BCUT2D eigenvalue weighted by Crippen LogP contribution is -2.37. The quantitative estimate of drug-likeness (QED) is 0.628. The third kappa shape index (κ3) is 5.50. The first kappa shape index (κ1) is 12.9. The normalized spacial score (nSPS) is 23.2. The Morgan fingerprint density at radius 1 is 1.07 bits per heavy atom. The molecule has 1 heterocycles. The van der Waals surface area contributed by atoms with Crippen molar-refractivity contribution < 1.29 is 10.2 Å². The van der Waals surface area contributed by atoms with Crippen LogP contribution >= 0.6 is 0 Å². The van der Waals surface area contributed by atoms with Gasteiger partial charge in [-0.25, -0.2) is 0 Å². The largest absolute Gasteiger partial charge is 0.396 e. The van der Waals surface area contributed by atoms with E-state index >= 15 is 0 Å².